The molecule has 1 fully saturated rings. The molecule has 0 spiro atoms. The molecular weight excluding hydrogens is 667 g/mol. The molecule has 2 aliphatic heterocycles. The van der Waals surface area contributed by atoms with Gasteiger partial charge in [-0.25, -0.2) is 0 Å². The van der Waals surface area contributed by atoms with Crippen molar-refractivity contribution in [1.82, 2.24) is 4.90 Å². The number of carbonyl (C=O) groups is 2. The molecule has 0 atom stereocenters. The molecule has 1 saturated heterocycles. The Labute approximate surface area is 316 Å². The summed E-state index contributed by atoms with van der Waals surface area (Å²) in [7, 11) is 0. The Balaban J connectivity index is 0.922. The smallest absolute Gasteiger partial charge is 0.307 e. The normalized spacial score (nSPS) is 15.3. The van der Waals surface area contributed by atoms with Crippen LogP contribution in [0.4, 0.5) is 11.4 Å². The number of thiophene rings is 1. The molecule has 0 saturated carbocycles. The molecule has 0 N–H and O–H groups in total. The van der Waals surface area contributed by atoms with Gasteiger partial charge in [-0.05, 0) is 99.5 Å². The van der Waals surface area contributed by atoms with Crippen molar-refractivity contribution in [3.8, 4) is 5.75 Å². The summed E-state index contributed by atoms with van der Waals surface area (Å²) in [6.07, 6.45) is 25.3. The Morgan fingerprint density at radius 3 is 2.42 bits per heavy atom. The molecule has 8 heteroatoms. The fourth-order valence-electron chi connectivity index (χ4n) is 7.13. The van der Waals surface area contributed by atoms with Gasteiger partial charge in [0.25, 0.3) is 0 Å². The SMILES string of the molecule is CCCCCC=CCC=CCCCCCCCC(=O)OCN1C(=O)CCc2ccc(OCCCCN3CCN(c4cccc5sccc45)CC3)cc21. The zero-order valence-corrected chi connectivity index (χ0v) is 32.4. The molecule has 1 amide bonds. The predicted molar refractivity (Wildman–Crippen MR) is 218 cm³/mol. The van der Waals surface area contributed by atoms with Gasteiger partial charge in [0.15, 0.2) is 6.73 Å². The van der Waals surface area contributed by atoms with Crippen LogP contribution in [0.25, 0.3) is 10.1 Å². The van der Waals surface area contributed by atoms with Crippen LogP contribution in [-0.2, 0) is 20.7 Å². The Morgan fingerprint density at radius 2 is 1.60 bits per heavy atom. The van der Waals surface area contributed by atoms with Crippen LogP contribution in [0.15, 0.2) is 72.1 Å². The highest BCUT2D eigenvalue weighted by Gasteiger charge is 2.26. The summed E-state index contributed by atoms with van der Waals surface area (Å²) in [5.41, 5.74) is 3.25. The molecule has 3 aromatic rings. The number of nitrogens with zero attached hydrogens (tertiary/aromatic N) is 3. The van der Waals surface area contributed by atoms with Crippen LogP contribution < -0.4 is 14.5 Å². The zero-order valence-electron chi connectivity index (χ0n) is 31.6. The number of allylic oxidation sites excluding steroid dienone is 4. The first-order valence-corrected chi connectivity index (χ1v) is 21.0. The molecule has 0 unspecified atom stereocenters. The molecule has 282 valence electrons. The van der Waals surface area contributed by atoms with Gasteiger partial charge >= 0.3 is 5.97 Å². The minimum Gasteiger partial charge on any atom is -0.494 e. The van der Waals surface area contributed by atoms with E-state index in [0.29, 0.717) is 25.9 Å². The fraction of sp³-hybridized carbons (Fsp3) is 0.545. The summed E-state index contributed by atoms with van der Waals surface area (Å²) in [5, 5.41) is 3.56. The van der Waals surface area contributed by atoms with Crippen LogP contribution in [0.2, 0.25) is 0 Å². The van der Waals surface area contributed by atoms with Crippen LogP contribution in [0.3, 0.4) is 0 Å². The Bertz CT molecular complexity index is 1570. The number of piperazine rings is 1. The number of esters is 1. The van der Waals surface area contributed by atoms with Crippen molar-refractivity contribution in [2.45, 2.75) is 110 Å². The maximum atomic E-state index is 12.9. The van der Waals surface area contributed by atoms with E-state index in [2.05, 4.69) is 70.7 Å². The number of hydrogen-bond donors (Lipinski definition) is 0. The molecule has 5 rings (SSSR count). The summed E-state index contributed by atoms with van der Waals surface area (Å²) < 4.78 is 13.1. The lowest BCUT2D eigenvalue weighted by molar-refractivity contribution is -0.144. The Kier molecular flexibility index (Phi) is 17.1. The highest BCUT2D eigenvalue weighted by atomic mass is 32.1. The van der Waals surface area contributed by atoms with E-state index in [0.717, 1.165) is 94.7 Å². The fourth-order valence-corrected chi connectivity index (χ4v) is 7.94. The van der Waals surface area contributed by atoms with E-state index in [1.807, 2.05) is 29.5 Å². The van der Waals surface area contributed by atoms with Crippen molar-refractivity contribution in [2.75, 3.05) is 55.9 Å². The monoisotopic (exact) mass is 727 g/mol. The summed E-state index contributed by atoms with van der Waals surface area (Å²) in [5.74, 6) is 0.506. The number of amides is 1. The molecule has 2 aliphatic rings. The zero-order chi connectivity index (χ0) is 36.2. The number of unbranched alkanes of at least 4 members (excludes halogenated alkanes) is 9. The van der Waals surface area contributed by atoms with Crippen molar-refractivity contribution in [1.29, 1.82) is 0 Å². The lowest BCUT2D eigenvalue weighted by atomic mass is 10.0. The van der Waals surface area contributed by atoms with Crippen LogP contribution in [-0.4, -0.2) is 62.8 Å². The van der Waals surface area contributed by atoms with Crippen LogP contribution in [0.1, 0.15) is 109 Å². The minimum absolute atomic E-state index is 0.0124. The second-order valence-corrected chi connectivity index (χ2v) is 15.2. The first-order valence-electron chi connectivity index (χ1n) is 20.1. The number of ether oxygens (including phenoxy) is 2. The van der Waals surface area contributed by atoms with Gasteiger partial charge < -0.3 is 14.4 Å². The van der Waals surface area contributed by atoms with Crippen LogP contribution >= 0.6 is 11.3 Å². The first-order chi connectivity index (χ1) is 25.6. The molecule has 0 radical (unpaired) electrons. The van der Waals surface area contributed by atoms with Crippen LogP contribution in [0, 0.1) is 0 Å². The molecule has 0 bridgehead atoms. The molecule has 1 aromatic heterocycles. The van der Waals surface area contributed by atoms with Gasteiger partial charge in [0.1, 0.15) is 5.75 Å². The van der Waals surface area contributed by atoms with Crippen molar-refractivity contribution in [3.63, 3.8) is 0 Å². The van der Waals surface area contributed by atoms with Crippen molar-refractivity contribution in [2.24, 2.45) is 0 Å². The van der Waals surface area contributed by atoms with Gasteiger partial charge in [-0.2, -0.15) is 0 Å². The van der Waals surface area contributed by atoms with Crippen molar-refractivity contribution >= 4 is 44.7 Å². The lowest BCUT2D eigenvalue weighted by Crippen LogP contribution is -2.46. The maximum Gasteiger partial charge on any atom is 0.307 e. The second-order valence-electron chi connectivity index (χ2n) is 14.2. The largest absolute Gasteiger partial charge is 0.494 e. The summed E-state index contributed by atoms with van der Waals surface area (Å²) in [4.78, 5) is 32.1. The topological polar surface area (TPSA) is 62.3 Å². The minimum atomic E-state index is -0.237. The molecule has 0 aliphatic carbocycles. The standard InChI is InChI=1S/C44H61N3O4S/c1-2-3-4-5-6-7-8-9-10-11-12-13-14-15-16-22-44(49)51-36-47-41-35-38(25-23-37(41)24-26-43(47)48)50-33-18-17-28-45-29-31-46(32-30-45)40-20-19-21-42-39(40)27-34-52-42/h6-7,9-10,19-21,23,25,27,34-35H,2-5,8,11-18,22,24,26,28-33,36H2,1H3. The number of hydrogen-bond acceptors (Lipinski definition) is 7. The van der Waals surface area contributed by atoms with Gasteiger partial charge in [-0.3, -0.25) is 19.4 Å². The Hall–Kier alpha value is -3.62. The van der Waals surface area contributed by atoms with Gasteiger partial charge in [0.2, 0.25) is 5.91 Å². The highest BCUT2D eigenvalue weighted by molar-refractivity contribution is 7.17. The molecule has 2 aromatic carbocycles. The number of carbonyl (C=O) groups excluding carboxylic acids is 2. The first kappa shape index (κ1) is 39.6. The maximum absolute atomic E-state index is 12.9. The third kappa shape index (κ3) is 12.8. The number of anilines is 2. The van der Waals surface area contributed by atoms with E-state index in [1.165, 1.54) is 54.3 Å². The average molecular weight is 728 g/mol. The summed E-state index contributed by atoms with van der Waals surface area (Å²) >= 11 is 1.81. The van der Waals surface area contributed by atoms with Crippen LogP contribution in [0.5, 0.6) is 5.75 Å². The number of benzene rings is 2. The lowest BCUT2D eigenvalue weighted by Gasteiger charge is -2.36. The third-order valence-corrected chi connectivity index (χ3v) is 11.1. The number of fused-ring (bicyclic) bond motifs is 2. The van der Waals surface area contributed by atoms with E-state index in [-0.39, 0.29) is 18.6 Å². The molecule has 3 heterocycles. The van der Waals surface area contributed by atoms with Crippen molar-refractivity contribution < 1.29 is 19.1 Å². The third-order valence-electron chi connectivity index (χ3n) is 10.3. The van der Waals surface area contributed by atoms with Gasteiger partial charge in [-0.1, -0.05) is 75.5 Å². The van der Waals surface area contributed by atoms with E-state index < -0.39 is 0 Å². The second kappa shape index (κ2) is 22.4. The molecule has 7 nitrogen and oxygen atoms in total. The van der Waals surface area contributed by atoms with Gasteiger partial charge in [-0.15, -0.1) is 11.3 Å². The highest BCUT2D eigenvalue weighted by Crippen LogP contribution is 2.33. The van der Waals surface area contributed by atoms with E-state index >= 15 is 0 Å². The Morgan fingerprint density at radius 1 is 0.808 bits per heavy atom. The van der Waals surface area contributed by atoms with E-state index in [4.69, 9.17) is 9.47 Å². The van der Waals surface area contributed by atoms with E-state index in [9.17, 15) is 9.59 Å². The van der Waals surface area contributed by atoms with Crippen molar-refractivity contribution in [3.05, 3.63) is 77.7 Å². The molecule has 52 heavy (non-hydrogen) atoms. The quantitative estimate of drug-likeness (QED) is 0.0551. The molecular formula is C44H61N3O4S. The number of aryl methyl sites for hydroxylation is 1. The predicted octanol–water partition coefficient (Wildman–Crippen LogP) is 10.5. The summed E-state index contributed by atoms with van der Waals surface area (Å²) in [6.45, 7) is 8.19. The summed E-state index contributed by atoms with van der Waals surface area (Å²) in [6, 6.07) is 14.9. The van der Waals surface area contributed by atoms with E-state index in [1.54, 1.807) is 4.90 Å². The number of rotatable bonds is 23. The van der Waals surface area contributed by atoms with Gasteiger partial charge in [0.05, 0.1) is 12.3 Å². The average Bonchev–Trinajstić information content (AvgIpc) is 3.66. The van der Waals surface area contributed by atoms with Gasteiger partial charge in [0, 0.05) is 60.9 Å².